The Labute approximate surface area is 107 Å². The molecule has 3 N–H and O–H groups in total. The molecule has 5 heteroatoms. The fourth-order valence-corrected chi connectivity index (χ4v) is 2.07. The minimum atomic E-state index is -0.133. The number of halogens is 3. The lowest BCUT2D eigenvalue weighted by molar-refractivity contribution is 0.456. The lowest BCUT2D eigenvalue weighted by Crippen LogP contribution is -2.09. The topological polar surface area (TPSA) is 46.2 Å². The Morgan fingerprint density at radius 3 is 2.36 bits per heavy atom. The molecule has 1 rings (SSSR count). The monoisotopic (exact) mass is 343 g/mol. The lowest BCUT2D eigenvalue weighted by atomic mass is 10.0. The van der Waals surface area contributed by atoms with Gasteiger partial charge in [-0.1, -0.05) is 22.9 Å². The van der Waals surface area contributed by atoms with E-state index >= 15 is 0 Å². The van der Waals surface area contributed by atoms with Gasteiger partial charge in [-0.15, -0.1) is 12.4 Å². The van der Waals surface area contributed by atoms with Gasteiger partial charge in [0.05, 0.1) is 4.47 Å². The van der Waals surface area contributed by atoms with Crippen molar-refractivity contribution in [2.75, 3.05) is 0 Å². The van der Waals surface area contributed by atoms with E-state index in [4.69, 9.17) is 5.73 Å². The minimum absolute atomic E-state index is 0. The summed E-state index contributed by atoms with van der Waals surface area (Å²) in [6.07, 6.45) is 0.794. The quantitative estimate of drug-likeness (QED) is 0.857. The van der Waals surface area contributed by atoms with Gasteiger partial charge in [0.15, 0.2) is 0 Å². The Morgan fingerprint density at radius 2 is 1.86 bits per heavy atom. The van der Waals surface area contributed by atoms with Crippen LogP contribution in [0.5, 0.6) is 5.75 Å². The van der Waals surface area contributed by atoms with Crippen molar-refractivity contribution in [3.05, 3.63) is 26.6 Å². The highest BCUT2D eigenvalue weighted by molar-refractivity contribution is 9.11. The number of hydrogen-bond acceptors (Lipinski definition) is 2. The third-order valence-electron chi connectivity index (χ3n) is 1.93. The Morgan fingerprint density at radius 1 is 1.36 bits per heavy atom. The summed E-state index contributed by atoms with van der Waals surface area (Å²) in [6.45, 7) is 1.98. The van der Waals surface area contributed by atoms with E-state index in [1.54, 1.807) is 6.07 Å². The SMILES string of the molecule is CC[C@H](N)c1c(Br)ccc(Br)c1O.Cl. The Balaban J connectivity index is 0.00000169. The van der Waals surface area contributed by atoms with E-state index in [0.29, 0.717) is 4.47 Å². The molecule has 0 amide bonds. The zero-order chi connectivity index (χ0) is 10.0. The summed E-state index contributed by atoms with van der Waals surface area (Å²) >= 11 is 6.61. The largest absolute Gasteiger partial charge is 0.506 e. The number of aromatic hydroxyl groups is 1. The third-order valence-corrected chi connectivity index (χ3v) is 3.26. The molecule has 14 heavy (non-hydrogen) atoms. The van der Waals surface area contributed by atoms with Crippen LogP contribution < -0.4 is 5.73 Å². The summed E-state index contributed by atoms with van der Waals surface area (Å²) in [6, 6.07) is 3.52. The van der Waals surface area contributed by atoms with E-state index in [2.05, 4.69) is 31.9 Å². The van der Waals surface area contributed by atoms with Crippen molar-refractivity contribution < 1.29 is 5.11 Å². The zero-order valence-corrected chi connectivity index (χ0v) is 11.6. The molecule has 0 unspecified atom stereocenters. The summed E-state index contributed by atoms with van der Waals surface area (Å²) in [5.41, 5.74) is 6.61. The molecule has 1 aromatic carbocycles. The van der Waals surface area contributed by atoms with Crippen LogP contribution in [-0.2, 0) is 0 Å². The van der Waals surface area contributed by atoms with Crippen LogP contribution >= 0.6 is 44.3 Å². The van der Waals surface area contributed by atoms with E-state index in [1.165, 1.54) is 0 Å². The van der Waals surface area contributed by atoms with Gasteiger partial charge < -0.3 is 10.8 Å². The van der Waals surface area contributed by atoms with Crippen molar-refractivity contribution in [1.29, 1.82) is 0 Å². The Hall–Kier alpha value is 0.230. The lowest BCUT2D eigenvalue weighted by Gasteiger charge is -2.14. The van der Waals surface area contributed by atoms with E-state index in [9.17, 15) is 5.11 Å². The molecule has 0 fully saturated rings. The first-order valence-corrected chi connectivity index (χ1v) is 5.59. The van der Waals surface area contributed by atoms with Crippen LogP contribution in [0, 0.1) is 0 Å². The maximum Gasteiger partial charge on any atom is 0.135 e. The maximum absolute atomic E-state index is 9.72. The minimum Gasteiger partial charge on any atom is -0.506 e. The highest BCUT2D eigenvalue weighted by Crippen LogP contribution is 2.37. The molecular weight excluding hydrogens is 333 g/mol. The number of nitrogens with two attached hydrogens (primary N) is 1. The number of phenolic OH excluding ortho intramolecular Hbond substituents is 1. The van der Waals surface area contributed by atoms with Crippen LogP contribution in [-0.4, -0.2) is 5.11 Å². The van der Waals surface area contributed by atoms with Crippen LogP contribution in [0.15, 0.2) is 21.1 Å². The number of benzene rings is 1. The first kappa shape index (κ1) is 14.2. The molecule has 0 saturated heterocycles. The van der Waals surface area contributed by atoms with Crippen molar-refractivity contribution in [3.63, 3.8) is 0 Å². The van der Waals surface area contributed by atoms with Gasteiger partial charge in [-0.05, 0) is 34.5 Å². The summed E-state index contributed by atoms with van der Waals surface area (Å²) in [5.74, 6) is 0.226. The average molecular weight is 345 g/mol. The van der Waals surface area contributed by atoms with Crippen LogP contribution in [0.25, 0.3) is 0 Å². The molecule has 2 nitrogen and oxygen atoms in total. The van der Waals surface area contributed by atoms with E-state index < -0.39 is 0 Å². The molecule has 0 heterocycles. The van der Waals surface area contributed by atoms with Gasteiger partial charge >= 0.3 is 0 Å². The van der Waals surface area contributed by atoms with Gasteiger partial charge in [0, 0.05) is 16.1 Å². The Kier molecular flexibility index (Phi) is 6.05. The van der Waals surface area contributed by atoms with Crippen LogP contribution in [0.4, 0.5) is 0 Å². The highest BCUT2D eigenvalue weighted by atomic mass is 79.9. The average Bonchev–Trinajstić information content (AvgIpc) is 2.12. The van der Waals surface area contributed by atoms with Gasteiger partial charge in [0.1, 0.15) is 5.75 Å². The highest BCUT2D eigenvalue weighted by Gasteiger charge is 2.14. The number of hydrogen-bond donors (Lipinski definition) is 2. The predicted molar refractivity (Wildman–Crippen MR) is 68.0 cm³/mol. The van der Waals surface area contributed by atoms with Gasteiger partial charge in [-0.2, -0.15) is 0 Å². The fourth-order valence-electron chi connectivity index (χ4n) is 1.11. The number of rotatable bonds is 2. The van der Waals surface area contributed by atoms with Crippen molar-refractivity contribution in [2.45, 2.75) is 19.4 Å². The standard InChI is InChI=1S/C9H11Br2NO.ClH/c1-2-7(12)8-5(10)3-4-6(11)9(8)13;/h3-4,7,13H,2,12H2,1H3;1H/t7-;/m0./s1. The van der Waals surface area contributed by atoms with Crippen molar-refractivity contribution >= 4 is 44.3 Å². The zero-order valence-electron chi connectivity index (χ0n) is 7.63. The van der Waals surface area contributed by atoms with Crippen LogP contribution in [0.3, 0.4) is 0 Å². The predicted octanol–water partition coefficient (Wildman–Crippen LogP) is 3.75. The van der Waals surface area contributed by atoms with Gasteiger partial charge in [0.25, 0.3) is 0 Å². The first-order chi connectivity index (χ1) is 6.07. The Bertz CT molecular complexity index is 320. The van der Waals surface area contributed by atoms with Gasteiger partial charge in [0.2, 0.25) is 0 Å². The molecule has 0 aliphatic heterocycles. The molecule has 80 valence electrons. The summed E-state index contributed by atoms with van der Waals surface area (Å²) in [7, 11) is 0. The van der Waals surface area contributed by atoms with E-state index in [-0.39, 0.29) is 24.2 Å². The molecule has 0 aromatic heterocycles. The molecule has 0 aliphatic rings. The second kappa shape index (κ2) is 5.95. The molecule has 0 saturated carbocycles. The summed E-state index contributed by atoms with van der Waals surface area (Å²) < 4.78 is 1.53. The third kappa shape index (κ3) is 2.86. The van der Waals surface area contributed by atoms with Crippen LogP contribution in [0.1, 0.15) is 24.9 Å². The van der Waals surface area contributed by atoms with Gasteiger partial charge in [-0.3, -0.25) is 0 Å². The molecule has 0 bridgehead atoms. The maximum atomic E-state index is 9.72. The fraction of sp³-hybridized carbons (Fsp3) is 0.333. The second-order valence-corrected chi connectivity index (χ2v) is 4.51. The van der Waals surface area contributed by atoms with E-state index in [0.717, 1.165) is 16.5 Å². The van der Waals surface area contributed by atoms with E-state index in [1.807, 2.05) is 13.0 Å². The molecular formula is C9H12Br2ClNO. The molecule has 0 spiro atoms. The smallest absolute Gasteiger partial charge is 0.135 e. The molecule has 1 aromatic rings. The second-order valence-electron chi connectivity index (χ2n) is 2.81. The van der Waals surface area contributed by atoms with Gasteiger partial charge in [-0.25, -0.2) is 0 Å². The molecule has 0 radical (unpaired) electrons. The van der Waals surface area contributed by atoms with Crippen molar-refractivity contribution in [3.8, 4) is 5.75 Å². The summed E-state index contributed by atoms with van der Waals surface area (Å²) in [4.78, 5) is 0. The normalized spacial score (nSPS) is 12.0. The summed E-state index contributed by atoms with van der Waals surface area (Å²) in [5, 5.41) is 9.72. The van der Waals surface area contributed by atoms with Crippen molar-refractivity contribution in [2.24, 2.45) is 5.73 Å². The van der Waals surface area contributed by atoms with Crippen LogP contribution in [0.2, 0.25) is 0 Å². The first-order valence-electron chi connectivity index (χ1n) is 4.00. The number of phenols is 1. The molecule has 1 atom stereocenters. The van der Waals surface area contributed by atoms with Crippen molar-refractivity contribution in [1.82, 2.24) is 0 Å². The molecule has 0 aliphatic carbocycles.